The van der Waals surface area contributed by atoms with Crippen molar-refractivity contribution in [2.45, 2.75) is 45.6 Å². The highest BCUT2D eigenvalue weighted by Gasteiger charge is 2.08. The van der Waals surface area contributed by atoms with E-state index in [1.54, 1.807) is 0 Å². The molecule has 3 rings (SSSR count). The number of hydrogen-bond acceptors (Lipinski definition) is 2. The first-order valence-corrected chi connectivity index (χ1v) is 10.2. The third kappa shape index (κ3) is 5.77. The summed E-state index contributed by atoms with van der Waals surface area (Å²) in [6.07, 6.45) is 6.69. The molecule has 0 atom stereocenters. The van der Waals surface area contributed by atoms with Crippen LogP contribution in [0.3, 0.4) is 0 Å². The number of aromatic nitrogens is 1. The molecule has 1 saturated heterocycles. The smallest absolute Gasteiger partial charge is 0.191 e. The fourth-order valence-electron chi connectivity index (χ4n) is 3.59. The van der Waals surface area contributed by atoms with E-state index in [4.69, 9.17) is 4.99 Å². The number of guanidine groups is 1. The number of para-hydroxylation sites is 1. The molecule has 1 aliphatic rings. The summed E-state index contributed by atoms with van der Waals surface area (Å²) in [6.45, 7) is 8.35. The zero-order valence-corrected chi connectivity index (χ0v) is 16.1. The molecular weight excluding hydrogens is 322 g/mol. The number of H-pyrrole nitrogens is 1. The Labute approximate surface area is 157 Å². The van der Waals surface area contributed by atoms with Crippen LogP contribution >= 0.6 is 0 Å². The van der Waals surface area contributed by atoms with Crippen molar-refractivity contribution >= 4 is 16.9 Å². The Morgan fingerprint density at radius 3 is 2.69 bits per heavy atom. The van der Waals surface area contributed by atoms with E-state index in [2.05, 4.69) is 57.8 Å². The first-order valence-electron chi connectivity index (χ1n) is 10.2. The minimum Gasteiger partial charge on any atom is -0.357 e. The molecule has 5 nitrogen and oxygen atoms in total. The Hall–Kier alpha value is -2.01. The molecule has 1 aromatic carbocycles. The predicted octanol–water partition coefficient (Wildman–Crippen LogP) is 3.49. The Morgan fingerprint density at radius 1 is 1.12 bits per heavy atom. The number of hydrogen-bond donors (Lipinski definition) is 3. The van der Waals surface area contributed by atoms with E-state index < -0.39 is 0 Å². The number of fused-ring (bicyclic) bond motifs is 1. The van der Waals surface area contributed by atoms with Gasteiger partial charge in [0.25, 0.3) is 0 Å². The van der Waals surface area contributed by atoms with Crippen LogP contribution < -0.4 is 10.6 Å². The van der Waals surface area contributed by atoms with Crippen LogP contribution in [-0.2, 0) is 6.54 Å². The number of nitrogens with zero attached hydrogens (tertiary/aromatic N) is 2. The van der Waals surface area contributed by atoms with Crippen LogP contribution in [0.15, 0.2) is 35.3 Å². The number of benzene rings is 1. The average Bonchev–Trinajstić information content (AvgIpc) is 2.90. The van der Waals surface area contributed by atoms with Gasteiger partial charge in [0.1, 0.15) is 0 Å². The van der Waals surface area contributed by atoms with Gasteiger partial charge in [0.05, 0.1) is 6.54 Å². The first kappa shape index (κ1) is 18.8. The molecule has 0 aliphatic carbocycles. The summed E-state index contributed by atoms with van der Waals surface area (Å²) in [5, 5.41) is 8.07. The predicted molar refractivity (Wildman–Crippen MR) is 111 cm³/mol. The molecule has 142 valence electrons. The van der Waals surface area contributed by atoms with Gasteiger partial charge >= 0.3 is 0 Å². The molecule has 0 amide bonds. The Bertz CT molecular complexity index is 650. The Morgan fingerprint density at radius 2 is 1.92 bits per heavy atom. The van der Waals surface area contributed by atoms with Gasteiger partial charge in [0.2, 0.25) is 0 Å². The van der Waals surface area contributed by atoms with Gasteiger partial charge in [-0.15, -0.1) is 0 Å². The fraction of sp³-hybridized carbons (Fsp3) is 0.571. The molecule has 0 unspecified atom stereocenters. The molecule has 1 aliphatic heterocycles. The largest absolute Gasteiger partial charge is 0.357 e. The lowest BCUT2D eigenvalue weighted by Crippen LogP contribution is -2.39. The minimum atomic E-state index is 0.663. The molecule has 5 heteroatoms. The van der Waals surface area contributed by atoms with Gasteiger partial charge in [0.15, 0.2) is 5.96 Å². The third-order valence-electron chi connectivity index (χ3n) is 4.98. The third-order valence-corrected chi connectivity index (χ3v) is 4.98. The van der Waals surface area contributed by atoms with E-state index in [0.717, 1.165) is 31.2 Å². The van der Waals surface area contributed by atoms with E-state index >= 15 is 0 Å². The molecular formula is C21H33N5. The van der Waals surface area contributed by atoms with Crippen LogP contribution in [0.4, 0.5) is 0 Å². The van der Waals surface area contributed by atoms with Crippen molar-refractivity contribution in [3.8, 4) is 0 Å². The molecule has 2 aromatic rings. The standard InChI is InChI=1S/C21H33N5/c1-2-22-21(23-12-9-15-26-13-7-3-4-8-14-26)24-17-19-16-18-10-5-6-11-20(18)25-19/h5-6,10-11,16,25H,2-4,7-9,12-15,17H2,1H3,(H2,22,23,24). The van der Waals surface area contributed by atoms with Gasteiger partial charge < -0.3 is 20.5 Å². The second kappa shape index (κ2) is 10.2. The van der Waals surface area contributed by atoms with Crippen molar-refractivity contribution in [1.29, 1.82) is 0 Å². The average molecular weight is 356 g/mol. The van der Waals surface area contributed by atoms with Crippen LogP contribution in [0.25, 0.3) is 10.9 Å². The van der Waals surface area contributed by atoms with Crippen LogP contribution in [0.2, 0.25) is 0 Å². The highest BCUT2D eigenvalue weighted by Crippen LogP contribution is 2.15. The van der Waals surface area contributed by atoms with E-state index in [9.17, 15) is 0 Å². The lowest BCUT2D eigenvalue weighted by Gasteiger charge is -2.20. The van der Waals surface area contributed by atoms with Gasteiger partial charge in [-0.1, -0.05) is 31.0 Å². The second-order valence-corrected chi connectivity index (χ2v) is 7.11. The molecule has 26 heavy (non-hydrogen) atoms. The summed E-state index contributed by atoms with van der Waals surface area (Å²) in [4.78, 5) is 10.8. The SMILES string of the molecule is CCNC(=NCc1cc2ccccc2[nH]1)NCCCN1CCCCCC1. The molecule has 2 heterocycles. The quantitative estimate of drug-likeness (QED) is 0.405. The minimum absolute atomic E-state index is 0.663. The normalized spacial score (nSPS) is 16.6. The zero-order valence-electron chi connectivity index (χ0n) is 16.1. The van der Waals surface area contributed by atoms with Gasteiger partial charge in [-0.05, 0) is 63.3 Å². The number of aromatic amines is 1. The Kier molecular flexibility index (Phi) is 7.37. The highest BCUT2D eigenvalue weighted by atomic mass is 15.2. The summed E-state index contributed by atoms with van der Waals surface area (Å²) in [5.74, 6) is 0.905. The van der Waals surface area contributed by atoms with Gasteiger partial charge in [-0.3, -0.25) is 0 Å². The van der Waals surface area contributed by atoms with Crippen molar-refractivity contribution in [2.75, 3.05) is 32.7 Å². The monoisotopic (exact) mass is 355 g/mol. The van der Waals surface area contributed by atoms with Crippen LogP contribution in [0.1, 0.15) is 44.7 Å². The van der Waals surface area contributed by atoms with Gasteiger partial charge in [-0.25, -0.2) is 4.99 Å². The van der Waals surface area contributed by atoms with Gasteiger partial charge in [0, 0.05) is 24.3 Å². The lowest BCUT2D eigenvalue weighted by molar-refractivity contribution is 0.282. The molecule has 1 fully saturated rings. The van der Waals surface area contributed by atoms with Crippen molar-refractivity contribution < 1.29 is 0 Å². The topological polar surface area (TPSA) is 55.5 Å². The molecule has 0 spiro atoms. The first-order chi connectivity index (χ1) is 12.8. The summed E-state index contributed by atoms with van der Waals surface area (Å²) in [6, 6.07) is 10.5. The maximum Gasteiger partial charge on any atom is 0.191 e. The highest BCUT2D eigenvalue weighted by molar-refractivity contribution is 5.81. The van der Waals surface area contributed by atoms with Crippen molar-refractivity contribution in [3.05, 3.63) is 36.0 Å². The van der Waals surface area contributed by atoms with E-state index in [-0.39, 0.29) is 0 Å². The number of nitrogens with one attached hydrogen (secondary N) is 3. The number of aliphatic imine (C=N–C) groups is 1. The molecule has 0 radical (unpaired) electrons. The lowest BCUT2D eigenvalue weighted by atomic mass is 10.2. The summed E-state index contributed by atoms with van der Waals surface area (Å²) in [7, 11) is 0. The number of likely N-dealkylation sites (tertiary alicyclic amines) is 1. The summed E-state index contributed by atoms with van der Waals surface area (Å²) >= 11 is 0. The molecule has 1 aromatic heterocycles. The van der Waals surface area contributed by atoms with Crippen molar-refractivity contribution in [1.82, 2.24) is 20.5 Å². The second-order valence-electron chi connectivity index (χ2n) is 7.11. The van der Waals surface area contributed by atoms with Crippen molar-refractivity contribution in [2.24, 2.45) is 4.99 Å². The van der Waals surface area contributed by atoms with Crippen LogP contribution in [0, 0.1) is 0 Å². The zero-order chi connectivity index (χ0) is 18.0. The summed E-state index contributed by atoms with van der Waals surface area (Å²) < 4.78 is 0. The molecule has 0 saturated carbocycles. The maximum absolute atomic E-state index is 4.73. The molecule has 0 bridgehead atoms. The van der Waals surface area contributed by atoms with E-state index in [1.807, 2.05) is 0 Å². The van der Waals surface area contributed by atoms with E-state index in [1.165, 1.54) is 56.2 Å². The summed E-state index contributed by atoms with van der Waals surface area (Å²) in [5.41, 5.74) is 2.32. The maximum atomic E-state index is 4.73. The number of rotatable bonds is 7. The van der Waals surface area contributed by atoms with Crippen molar-refractivity contribution in [3.63, 3.8) is 0 Å². The van der Waals surface area contributed by atoms with Gasteiger partial charge in [-0.2, -0.15) is 0 Å². The van der Waals surface area contributed by atoms with Crippen LogP contribution in [0.5, 0.6) is 0 Å². The van der Waals surface area contributed by atoms with Crippen LogP contribution in [-0.4, -0.2) is 48.6 Å². The fourth-order valence-corrected chi connectivity index (χ4v) is 3.59. The van der Waals surface area contributed by atoms with E-state index in [0.29, 0.717) is 6.54 Å². The molecule has 3 N–H and O–H groups in total. The Balaban J connectivity index is 1.45.